The third-order valence-corrected chi connectivity index (χ3v) is 2.38. The van der Waals surface area contributed by atoms with Gasteiger partial charge in [-0.3, -0.25) is 0 Å². The molecule has 2 aromatic rings. The normalized spacial score (nSPS) is 12.0. The second-order valence-corrected chi connectivity index (χ2v) is 3.60. The monoisotopic (exact) mass is 275 g/mol. The van der Waals surface area contributed by atoms with Gasteiger partial charge in [0.15, 0.2) is 11.6 Å². The average Bonchev–Trinajstić information content (AvgIpc) is 2.81. The van der Waals surface area contributed by atoms with Crippen LogP contribution in [-0.4, -0.2) is 10.1 Å². The summed E-state index contributed by atoms with van der Waals surface area (Å²) in [6, 6.07) is 3.06. The predicted octanol–water partition coefficient (Wildman–Crippen LogP) is 2.85. The standard InChI is InChI=1S/C11H11F2N3O.ClH/c1-2-9(14)11-15-10(16-17-11)6-3-4-7(12)8(13)5-6;/h3-5,9H,2,14H2,1H3;1H/t9-;/m0./s1. The van der Waals surface area contributed by atoms with E-state index in [2.05, 4.69) is 10.1 Å². The Kier molecular flexibility index (Phi) is 4.75. The molecule has 4 nitrogen and oxygen atoms in total. The minimum atomic E-state index is -0.950. The second-order valence-electron chi connectivity index (χ2n) is 3.60. The SMILES string of the molecule is CC[C@H](N)c1nc(-c2ccc(F)c(F)c2)no1.Cl. The third kappa shape index (κ3) is 2.83. The third-order valence-electron chi connectivity index (χ3n) is 2.38. The molecular weight excluding hydrogens is 264 g/mol. The van der Waals surface area contributed by atoms with E-state index in [1.54, 1.807) is 0 Å². The first-order valence-electron chi connectivity index (χ1n) is 5.16. The molecule has 1 atom stereocenters. The molecule has 0 bridgehead atoms. The van der Waals surface area contributed by atoms with Gasteiger partial charge < -0.3 is 10.3 Å². The Morgan fingerprint density at radius 1 is 1.33 bits per heavy atom. The van der Waals surface area contributed by atoms with Crippen LogP contribution in [0.4, 0.5) is 8.78 Å². The summed E-state index contributed by atoms with van der Waals surface area (Å²) in [6.45, 7) is 1.88. The summed E-state index contributed by atoms with van der Waals surface area (Å²) in [5.41, 5.74) is 6.06. The van der Waals surface area contributed by atoms with Gasteiger partial charge >= 0.3 is 0 Å². The van der Waals surface area contributed by atoms with Crippen LogP contribution in [0.2, 0.25) is 0 Å². The number of hydrogen-bond donors (Lipinski definition) is 1. The molecule has 0 amide bonds. The summed E-state index contributed by atoms with van der Waals surface area (Å²) < 4.78 is 30.7. The highest BCUT2D eigenvalue weighted by molar-refractivity contribution is 5.85. The van der Waals surface area contributed by atoms with Crippen molar-refractivity contribution in [3.63, 3.8) is 0 Å². The number of nitrogens with zero attached hydrogens (tertiary/aromatic N) is 2. The largest absolute Gasteiger partial charge is 0.337 e. The van der Waals surface area contributed by atoms with Crippen molar-refractivity contribution in [3.8, 4) is 11.4 Å². The molecule has 2 N–H and O–H groups in total. The van der Waals surface area contributed by atoms with Gasteiger partial charge in [-0.05, 0) is 24.6 Å². The summed E-state index contributed by atoms with van der Waals surface area (Å²) in [5, 5.41) is 3.67. The fraction of sp³-hybridized carbons (Fsp3) is 0.273. The van der Waals surface area contributed by atoms with Crippen molar-refractivity contribution in [2.75, 3.05) is 0 Å². The number of benzene rings is 1. The number of hydrogen-bond acceptors (Lipinski definition) is 4. The lowest BCUT2D eigenvalue weighted by Gasteiger charge is -1.99. The molecule has 0 spiro atoms. The van der Waals surface area contributed by atoms with E-state index in [0.29, 0.717) is 12.0 Å². The van der Waals surface area contributed by atoms with Gasteiger partial charge in [0, 0.05) is 5.56 Å². The van der Waals surface area contributed by atoms with E-state index in [0.717, 1.165) is 12.1 Å². The van der Waals surface area contributed by atoms with Gasteiger partial charge in [0.05, 0.1) is 6.04 Å². The highest BCUT2D eigenvalue weighted by Gasteiger charge is 2.15. The Balaban J connectivity index is 0.00000162. The van der Waals surface area contributed by atoms with Gasteiger partial charge in [0.1, 0.15) is 0 Å². The zero-order chi connectivity index (χ0) is 12.4. The Morgan fingerprint density at radius 2 is 2.06 bits per heavy atom. The van der Waals surface area contributed by atoms with Crippen LogP contribution < -0.4 is 5.73 Å². The molecule has 1 aromatic heterocycles. The number of nitrogens with two attached hydrogens (primary N) is 1. The predicted molar refractivity (Wildman–Crippen MR) is 64.1 cm³/mol. The lowest BCUT2D eigenvalue weighted by molar-refractivity contribution is 0.352. The molecule has 2 rings (SSSR count). The molecule has 0 saturated carbocycles. The van der Waals surface area contributed by atoms with Crippen molar-refractivity contribution in [2.45, 2.75) is 19.4 Å². The topological polar surface area (TPSA) is 64.9 Å². The summed E-state index contributed by atoms with van der Waals surface area (Å²) in [4.78, 5) is 4.03. The van der Waals surface area contributed by atoms with Crippen LogP contribution in [0, 0.1) is 11.6 Å². The molecule has 0 aliphatic carbocycles. The van der Waals surface area contributed by atoms with Crippen LogP contribution in [0.1, 0.15) is 25.3 Å². The van der Waals surface area contributed by atoms with E-state index in [1.807, 2.05) is 6.92 Å². The van der Waals surface area contributed by atoms with Crippen molar-refractivity contribution >= 4 is 12.4 Å². The van der Waals surface area contributed by atoms with Crippen LogP contribution >= 0.6 is 12.4 Å². The molecule has 0 aliphatic rings. The molecule has 0 aliphatic heterocycles. The maximum absolute atomic E-state index is 13.0. The van der Waals surface area contributed by atoms with Crippen molar-refractivity contribution in [1.82, 2.24) is 10.1 Å². The molecule has 1 aromatic carbocycles. The van der Waals surface area contributed by atoms with Crippen LogP contribution in [-0.2, 0) is 0 Å². The number of halogens is 3. The van der Waals surface area contributed by atoms with Crippen LogP contribution in [0.15, 0.2) is 22.7 Å². The van der Waals surface area contributed by atoms with Crippen molar-refractivity contribution < 1.29 is 13.3 Å². The lowest BCUT2D eigenvalue weighted by Crippen LogP contribution is -2.08. The van der Waals surface area contributed by atoms with Gasteiger partial charge in [0.2, 0.25) is 11.7 Å². The Labute approximate surface area is 109 Å². The molecule has 18 heavy (non-hydrogen) atoms. The Hall–Kier alpha value is -1.53. The van der Waals surface area contributed by atoms with E-state index >= 15 is 0 Å². The van der Waals surface area contributed by atoms with Gasteiger partial charge in [-0.25, -0.2) is 8.78 Å². The molecular formula is C11H12ClF2N3O. The van der Waals surface area contributed by atoms with Crippen LogP contribution in [0.25, 0.3) is 11.4 Å². The first-order chi connectivity index (χ1) is 8.11. The van der Waals surface area contributed by atoms with Gasteiger partial charge in [0.25, 0.3) is 0 Å². The summed E-state index contributed by atoms with van der Waals surface area (Å²) in [7, 11) is 0. The minimum Gasteiger partial charge on any atom is -0.337 e. The molecule has 0 unspecified atom stereocenters. The summed E-state index contributed by atoms with van der Waals surface area (Å²) in [5.74, 6) is -1.38. The highest BCUT2D eigenvalue weighted by Crippen LogP contribution is 2.20. The van der Waals surface area contributed by atoms with E-state index in [-0.39, 0.29) is 30.2 Å². The first kappa shape index (κ1) is 14.5. The fourth-order valence-electron chi connectivity index (χ4n) is 1.31. The van der Waals surface area contributed by atoms with E-state index in [1.165, 1.54) is 6.07 Å². The van der Waals surface area contributed by atoms with Crippen molar-refractivity contribution in [3.05, 3.63) is 35.7 Å². The highest BCUT2D eigenvalue weighted by atomic mass is 35.5. The Bertz CT molecular complexity index is 533. The maximum Gasteiger partial charge on any atom is 0.243 e. The van der Waals surface area contributed by atoms with Gasteiger partial charge in [-0.15, -0.1) is 12.4 Å². The van der Waals surface area contributed by atoms with Gasteiger partial charge in [-0.2, -0.15) is 4.98 Å². The molecule has 0 radical (unpaired) electrons. The first-order valence-corrected chi connectivity index (χ1v) is 5.16. The zero-order valence-corrected chi connectivity index (χ0v) is 10.4. The van der Waals surface area contributed by atoms with Crippen molar-refractivity contribution in [2.24, 2.45) is 5.73 Å². The second kappa shape index (κ2) is 5.88. The van der Waals surface area contributed by atoms with E-state index in [4.69, 9.17) is 10.3 Å². The zero-order valence-electron chi connectivity index (χ0n) is 9.56. The number of aromatic nitrogens is 2. The van der Waals surface area contributed by atoms with Crippen LogP contribution in [0.5, 0.6) is 0 Å². The smallest absolute Gasteiger partial charge is 0.243 e. The van der Waals surface area contributed by atoms with Crippen molar-refractivity contribution in [1.29, 1.82) is 0 Å². The lowest BCUT2D eigenvalue weighted by atomic mass is 10.2. The molecule has 1 heterocycles. The molecule has 0 saturated heterocycles. The summed E-state index contributed by atoms with van der Waals surface area (Å²) >= 11 is 0. The minimum absolute atomic E-state index is 0. The fourth-order valence-corrected chi connectivity index (χ4v) is 1.31. The maximum atomic E-state index is 13.0. The van der Waals surface area contributed by atoms with Crippen LogP contribution in [0.3, 0.4) is 0 Å². The molecule has 0 fully saturated rings. The van der Waals surface area contributed by atoms with E-state index < -0.39 is 11.6 Å². The van der Waals surface area contributed by atoms with Gasteiger partial charge in [-0.1, -0.05) is 12.1 Å². The average molecular weight is 276 g/mol. The summed E-state index contributed by atoms with van der Waals surface area (Å²) in [6.07, 6.45) is 0.652. The molecule has 98 valence electrons. The van der Waals surface area contributed by atoms with E-state index in [9.17, 15) is 8.78 Å². The number of rotatable bonds is 3. The molecule has 7 heteroatoms. The quantitative estimate of drug-likeness (QED) is 0.935. The Morgan fingerprint density at radius 3 is 2.67 bits per heavy atom.